The van der Waals surface area contributed by atoms with Gasteiger partial charge in [-0.1, -0.05) is 6.92 Å². The molecule has 0 heterocycles. The molecule has 0 radical (unpaired) electrons. The predicted molar refractivity (Wildman–Crippen MR) is 58.1 cm³/mol. The third-order valence-electron chi connectivity index (χ3n) is 2.13. The van der Waals surface area contributed by atoms with Gasteiger partial charge in [-0.2, -0.15) is 0 Å². The maximum absolute atomic E-state index is 13.1. The van der Waals surface area contributed by atoms with E-state index in [0.29, 0.717) is 16.8 Å². The Morgan fingerprint density at radius 2 is 2.21 bits per heavy atom. The number of methoxy groups -OCH3 is 1. The Labute approximate surface area is 91.4 Å². The minimum absolute atomic E-state index is 0.0805. The van der Waals surface area contributed by atoms with Crippen LogP contribution in [0.4, 0.5) is 4.39 Å². The van der Waals surface area contributed by atoms with Crippen LogP contribution in [0.3, 0.4) is 0 Å². The van der Waals surface area contributed by atoms with Gasteiger partial charge >= 0.3 is 0 Å². The number of rotatable bonds is 3. The third kappa shape index (κ3) is 2.25. The molecule has 0 saturated heterocycles. The largest absolute Gasteiger partial charge is 0.495 e. The monoisotopic (exact) mass is 261 g/mol. The normalized spacial score (nSPS) is 12.6. The zero-order chi connectivity index (χ0) is 10.7. The first-order chi connectivity index (χ1) is 6.60. The van der Waals surface area contributed by atoms with Crippen LogP contribution in [-0.2, 0) is 0 Å². The van der Waals surface area contributed by atoms with Crippen LogP contribution in [0.5, 0.6) is 5.75 Å². The van der Waals surface area contributed by atoms with Crippen molar-refractivity contribution in [3.63, 3.8) is 0 Å². The molecule has 1 atom stereocenters. The summed E-state index contributed by atoms with van der Waals surface area (Å²) in [5.74, 6) is 0.453. The summed E-state index contributed by atoms with van der Waals surface area (Å²) in [4.78, 5) is 0. The zero-order valence-electron chi connectivity index (χ0n) is 8.18. The fourth-order valence-electron chi connectivity index (χ4n) is 1.29. The van der Waals surface area contributed by atoms with Crippen LogP contribution in [0.25, 0.3) is 0 Å². The standard InChI is InChI=1S/C10H13BrFNO/c1-6(5-13)8-3-7(12)4-9(11)10(8)14-2/h3-4,6H,5,13H2,1-2H3. The van der Waals surface area contributed by atoms with Crippen LogP contribution in [0, 0.1) is 5.82 Å². The highest BCUT2D eigenvalue weighted by Crippen LogP contribution is 2.34. The fraction of sp³-hybridized carbons (Fsp3) is 0.400. The topological polar surface area (TPSA) is 35.2 Å². The van der Waals surface area contributed by atoms with E-state index in [2.05, 4.69) is 15.9 Å². The van der Waals surface area contributed by atoms with Gasteiger partial charge in [0.15, 0.2) is 0 Å². The van der Waals surface area contributed by atoms with Crippen LogP contribution in [0.2, 0.25) is 0 Å². The highest BCUT2D eigenvalue weighted by Gasteiger charge is 2.14. The molecule has 78 valence electrons. The molecular formula is C10H13BrFNO. The Balaban J connectivity index is 3.24. The Kier molecular flexibility index (Phi) is 3.89. The first kappa shape index (κ1) is 11.5. The van der Waals surface area contributed by atoms with Gasteiger partial charge in [0.2, 0.25) is 0 Å². The van der Waals surface area contributed by atoms with Crippen LogP contribution in [0.1, 0.15) is 18.4 Å². The van der Waals surface area contributed by atoms with E-state index >= 15 is 0 Å². The van der Waals surface area contributed by atoms with Crippen molar-refractivity contribution in [1.29, 1.82) is 0 Å². The van der Waals surface area contributed by atoms with Crippen LogP contribution in [0.15, 0.2) is 16.6 Å². The van der Waals surface area contributed by atoms with Crippen molar-refractivity contribution < 1.29 is 9.13 Å². The summed E-state index contributed by atoms with van der Waals surface area (Å²) in [5.41, 5.74) is 6.33. The predicted octanol–water partition coefficient (Wildman–Crippen LogP) is 2.66. The van der Waals surface area contributed by atoms with Crippen molar-refractivity contribution in [2.45, 2.75) is 12.8 Å². The van der Waals surface area contributed by atoms with E-state index in [1.165, 1.54) is 12.1 Å². The molecule has 0 amide bonds. The lowest BCUT2D eigenvalue weighted by Crippen LogP contribution is -2.10. The highest BCUT2D eigenvalue weighted by molar-refractivity contribution is 9.10. The molecule has 1 rings (SSSR count). The SMILES string of the molecule is COc1c(Br)cc(F)cc1C(C)CN. The van der Waals surface area contributed by atoms with Gasteiger partial charge in [-0.3, -0.25) is 0 Å². The second kappa shape index (κ2) is 4.75. The van der Waals surface area contributed by atoms with Crippen LogP contribution in [-0.4, -0.2) is 13.7 Å². The molecule has 1 aromatic carbocycles. The first-order valence-corrected chi connectivity index (χ1v) is 5.12. The van der Waals surface area contributed by atoms with Crippen LogP contribution < -0.4 is 10.5 Å². The summed E-state index contributed by atoms with van der Waals surface area (Å²) in [7, 11) is 1.56. The van der Waals surface area contributed by atoms with Crippen molar-refractivity contribution in [3.8, 4) is 5.75 Å². The molecule has 0 bridgehead atoms. The summed E-state index contributed by atoms with van der Waals surface area (Å²) in [6, 6.07) is 2.84. The molecule has 0 saturated carbocycles. The van der Waals surface area contributed by atoms with Crippen molar-refractivity contribution in [3.05, 3.63) is 28.0 Å². The Morgan fingerprint density at radius 1 is 1.57 bits per heavy atom. The minimum Gasteiger partial charge on any atom is -0.495 e. The van der Waals surface area contributed by atoms with Gasteiger partial charge in [0, 0.05) is 5.56 Å². The van der Waals surface area contributed by atoms with Gasteiger partial charge < -0.3 is 10.5 Å². The molecule has 0 aliphatic heterocycles. The lowest BCUT2D eigenvalue weighted by molar-refractivity contribution is 0.402. The smallest absolute Gasteiger partial charge is 0.136 e. The number of hydrogen-bond donors (Lipinski definition) is 1. The highest BCUT2D eigenvalue weighted by atomic mass is 79.9. The van der Waals surface area contributed by atoms with E-state index in [1.54, 1.807) is 7.11 Å². The quantitative estimate of drug-likeness (QED) is 0.908. The lowest BCUT2D eigenvalue weighted by atomic mass is 10.0. The van der Waals surface area contributed by atoms with E-state index in [0.717, 1.165) is 5.56 Å². The fourth-order valence-corrected chi connectivity index (χ4v) is 1.90. The van der Waals surface area contributed by atoms with E-state index in [9.17, 15) is 4.39 Å². The summed E-state index contributed by atoms with van der Waals surface area (Å²) < 4.78 is 18.9. The Morgan fingerprint density at radius 3 is 2.71 bits per heavy atom. The summed E-state index contributed by atoms with van der Waals surface area (Å²) in [6.07, 6.45) is 0. The van der Waals surface area contributed by atoms with Crippen LogP contribution >= 0.6 is 15.9 Å². The number of nitrogens with two attached hydrogens (primary N) is 1. The van der Waals surface area contributed by atoms with E-state index in [1.807, 2.05) is 6.92 Å². The second-order valence-corrected chi connectivity index (χ2v) is 4.00. The molecule has 1 aromatic rings. The number of hydrogen-bond acceptors (Lipinski definition) is 2. The van der Waals surface area contributed by atoms with E-state index in [4.69, 9.17) is 10.5 Å². The van der Waals surface area contributed by atoms with Gasteiger partial charge in [0.25, 0.3) is 0 Å². The molecule has 0 spiro atoms. The zero-order valence-corrected chi connectivity index (χ0v) is 9.77. The molecular weight excluding hydrogens is 249 g/mol. The molecule has 0 aliphatic carbocycles. The second-order valence-electron chi connectivity index (χ2n) is 3.15. The van der Waals surface area contributed by atoms with Crippen molar-refractivity contribution >= 4 is 15.9 Å². The molecule has 2 N–H and O–H groups in total. The van der Waals surface area contributed by atoms with E-state index in [-0.39, 0.29) is 11.7 Å². The van der Waals surface area contributed by atoms with Gasteiger partial charge in [-0.15, -0.1) is 0 Å². The average molecular weight is 262 g/mol. The number of benzene rings is 1. The maximum Gasteiger partial charge on any atom is 0.136 e. The molecule has 0 aromatic heterocycles. The molecule has 4 heteroatoms. The molecule has 0 aliphatic rings. The van der Waals surface area contributed by atoms with E-state index < -0.39 is 0 Å². The van der Waals surface area contributed by atoms with Gasteiger partial charge in [-0.05, 0) is 40.5 Å². The molecule has 1 unspecified atom stereocenters. The van der Waals surface area contributed by atoms with Crippen molar-refractivity contribution in [2.24, 2.45) is 5.73 Å². The van der Waals surface area contributed by atoms with Crippen molar-refractivity contribution in [1.82, 2.24) is 0 Å². The van der Waals surface area contributed by atoms with Gasteiger partial charge in [-0.25, -0.2) is 4.39 Å². The first-order valence-electron chi connectivity index (χ1n) is 4.33. The van der Waals surface area contributed by atoms with Gasteiger partial charge in [0.05, 0.1) is 11.6 Å². The summed E-state index contributed by atoms with van der Waals surface area (Å²) >= 11 is 3.25. The third-order valence-corrected chi connectivity index (χ3v) is 2.71. The Hall–Kier alpha value is -0.610. The lowest BCUT2D eigenvalue weighted by Gasteiger charge is -2.15. The number of ether oxygens (including phenoxy) is 1. The summed E-state index contributed by atoms with van der Waals surface area (Å²) in [5, 5.41) is 0. The molecule has 14 heavy (non-hydrogen) atoms. The van der Waals surface area contributed by atoms with Crippen molar-refractivity contribution in [2.75, 3.05) is 13.7 Å². The molecule has 2 nitrogen and oxygen atoms in total. The maximum atomic E-state index is 13.1. The molecule has 0 fully saturated rings. The summed E-state index contributed by atoms with van der Waals surface area (Å²) in [6.45, 7) is 2.40. The average Bonchev–Trinajstić information content (AvgIpc) is 2.15. The number of halogens is 2. The Bertz CT molecular complexity index is 330. The minimum atomic E-state index is -0.284. The van der Waals surface area contributed by atoms with Gasteiger partial charge in [0.1, 0.15) is 11.6 Å².